The molecule has 0 radical (unpaired) electrons. The van der Waals surface area contributed by atoms with E-state index >= 15 is 0 Å². The van der Waals surface area contributed by atoms with Crippen LogP contribution >= 0.6 is 0 Å². The molecule has 2 aromatic heterocycles. The monoisotopic (exact) mass is 312 g/mol. The molecule has 5 heteroatoms. The number of rotatable bonds is 3. The molecule has 0 aliphatic heterocycles. The van der Waals surface area contributed by atoms with Crippen molar-refractivity contribution in [3.63, 3.8) is 0 Å². The van der Waals surface area contributed by atoms with Crippen molar-refractivity contribution in [1.29, 1.82) is 0 Å². The summed E-state index contributed by atoms with van der Waals surface area (Å²) < 4.78 is 8.19. The summed E-state index contributed by atoms with van der Waals surface area (Å²) in [7, 11) is 0. The zero-order chi connectivity index (χ0) is 15.6. The maximum absolute atomic E-state index is 6.22. The summed E-state index contributed by atoms with van der Waals surface area (Å²) in [6.45, 7) is 5.03. The predicted octanol–water partition coefficient (Wildman–Crippen LogP) is 3.73. The third-order valence-electron chi connectivity index (χ3n) is 6.55. The van der Waals surface area contributed by atoms with Gasteiger partial charge >= 0.3 is 0 Å². The summed E-state index contributed by atoms with van der Waals surface area (Å²) in [5.74, 6) is 4.21. The Morgan fingerprint density at radius 2 is 1.78 bits per heavy atom. The lowest BCUT2D eigenvalue weighted by molar-refractivity contribution is -0.0176. The van der Waals surface area contributed by atoms with E-state index < -0.39 is 0 Å². The molecule has 4 aliphatic rings. The zero-order valence-electron chi connectivity index (χ0n) is 14.0. The molecule has 0 amide bonds. The van der Waals surface area contributed by atoms with Crippen molar-refractivity contribution in [1.82, 2.24) is 20.0 Å². The largest absolute Gasteiger partial charge is 0.420 e. The van der Waals surface area contributed by atoms with Gasteiger partial charge < -0.3 is 4.42 Å². The van der Waals surface area contributed by atoms with E-state index in [-0.39, 0.29) is 5.41 Å². The Bertz CT molecular complexity index is 709. The molecule has 0 spiro atoms. The quantitative estimate of drug-likeness (QED) is 0.866. The van der Waals surface area contributed by atoms with E-state index in [9.17, 15) is 0 Å². The molecular formula is C18H24N4O. The average Bonchev–Trinajstić information content (AvgIpc) is 3.12. The standard InChI is InChI=1S/C18H24N4O/c1-3-22-11(2)15(10-19-22)16-20-21-17(23-16)18-7-12-4-13(8-18)6-14(5-12)9-18/h10,12-14H,3-9H2,1-2H3. The average molecular weight is 312 g/mol. The van der Waals surface area contributed by atoms with Gasteiger partial charge in [0.25, 0.3) is 5.89 Å². The number of aryl methyl sites for hydroxylation is 1. The van der Waals surface area contributed by atoms with Gasteiger partial charge in [-0.15, -0.1) is 10.2 Å². The molecule has 5 nitrogen and oxygen atoms in total. The van der Waals surface area contributed by atoms with Crippen LogP contribution in [0.4, 0.5) is 0 Å². The van der Waals surface area contributed by atoms with Crippen LogP contribution in [-0.4, -0.2) is 20.0 Å². The first-order chi connectivity index (χ1) is 11.2. The van der Waals surface area contributed by atoms with Gasteiger partial charge in [0.05, 0.1) is 11.8 Å². The maximum atomic E-state index is 6.22. The molecule has 0 atom stereocenters. The molecule has 0 N–H and O–H groups in total. The minimum Gasteiger partial charge on any atom is -0.420 e. The van der Waals surface area contributed by atoms with Crippen LogP contribution in [-0.2, 0) is 12.0 Å². The van der Waals surface area contributed by atoms with Crippen LogP contribution in [0.15, 0.2) is 10.6 Å². The molecule has 0 aromatic carbocycles. The summed E-state index contributed by atoms with van der Waals surface area (Å²) in [5.41, 5.74) is 2.26. The van der Waals surface area contributed by atoms with Gasteiger partial charge in [-0.05, 0) is 70.1 Å². The number of hydrogen-bond acceptors (Lipinski definition) is 4. The minimum atomic E-state index is 0.175. The predicted molar refractivity (Wildman–Crippen MR) is 85.8 cm³/mol. The van der Waals surface area contributed by atoms with Gasteiger partial charge in [-0.3, -0.25) is 4.68 Å². The summed E-state index contributed by atoms with van der Waals surface area (Å²) in [6, 6.07) is 0. The first-order valence-corrected chi connectivity index (χ1v) is 9.03. The van der Waals surface area contributed by atoms with Crippen LogP contribution in [0, 0.1) is 24.7 Å². The summed E-state index contributed by atoms with van der Waals surface area (Å²) in [4.78, 5) is 0. The molecule has 4 saturated carbocycles. The van der Waals surface area contributed by atoms with Crippen molar-refractivity contribution in [2.45, 2.75) is 64.3 Å². The summed E-state index contributed by atoms with van der Waals surface area (Å²) in [6.07, 6.45) is 9.93. The second-order valence-electron chi connectivity index (χ2n) is 8.07. The fourth-order valence-corrected chi connectivity index (χ4v) is 5.89. The van der Waals surface area contributed by atoms with Gasteiger partial charge in [0, 0.05) is 17.7 Å². The Hall–Kier alpha value is -1.65. The van der Waals surface area contributed by atoms with Crippen LogP contribution in [0.5, 0.6) is 0 Å². The van der Waals surface area contributed by atoms with Crippen LogP contribution in [0.25, 0.3) is 11.5 Å². The SMILES string of the molecule is CCn1ncc(-c2nnc(C34CC5CC(CC(C5)C3)C4)o2)c1C. The lowest BCUT2D eigenvalue weighted by Crippen LogP contribution is -2.48. The molecule has 23 heavy (non-hydrogen) atoms. The van der Waals surface area contributed by atoms with Crippen LogP contribution in [0.3, 0.4) is 0 Å². The lowest BCUT2D eigenvalue weighted by Gasteiger charge is -2.55. The lowest BCUT2D eigenvalue weighted by atomic mass is 9.49. The highest BCUT2D eigenvalue weighted by atomic mass is 16.4. The Morgan fingerprint density at radius 3 is 2.35 bits per heavy atom. The topological polar surface area (TPSA) is 56.7 Å². The molecule has 0 saturated heterocycles. The molecule has 6 rings (SSSR count). The van der Waals surface area contributed by atoms with Crippen LogP contribution in [0.2, 0.25) is 0 Å². The van der Waals surface area contributed by atoms with Gasteiger partial charge in [0.1, 0.15) is 0 Å². The van der Waals surface area contributed by atoms with E-state index in [0.717, 1.165) is 41.4 Å². The molecule has 2 aromatic rings. The molecule has 4 fully saturated rings. The second kappa shape index (κ2) is 4.68. The highest BCUT2D eigenvalue weighted by Gasteiger charge is 2.54. The molecular weight excluding hydrogens is 288 g/mol. The Balaban J connectivity index is 1.51. The number of aromatic nitrogens is 4. The highest BCUT2D eigenvalue weighted by Crippen LogP contribution is 2.60. The smallest absolute Gasteiger partial charge is 0.251 e. The fourth-order valence-electron chi connectivity index (χ4n) is 5.89. The summed E-state index contributed by atoms with van der Waals surface area (Å²) >= 11 is 0. The molecule has 4 bridgehead atoms. The maximum Gasteiger partial charge on any atom is 0.251 e. The first-order valence-electron chi connectivity index (χ1n) is 9.03. The van der Waals surface area contributed by atoms with Crippen molar-refractivity contribution < 1.29 is 4.42 Å². The van der Waals surface area contributed by atoms with E-state index in [1.54, 1.807) is 0 Å². The Morgan fingerprint density at radius 1 is 1.13 bits per heavy atom. The van der Waals surface area contributed by atoms with Gasteiger partial charge in [0.2, 0.25) is 5.89 Å². The number of hydrogen-bond donors (Lipinski definition) is 0. The van der Waals surface area contributed by atoms with Crippen LogP contribution < -0.4 is 0 Å². The third kappa shape index (κ3) is 1.95. The van der Waals surface area contributed by atoms with Crippen molar-refractivity contribution in [2.75, 3.05) is 0 Å². The fraction of sp³-hybridized carbons (Fsp3) is 0.722. The first kappa shape index (κ1) is 13.8. The van der Waals surface area contributed by atoms with Crippen molar-refractivity contribution in [3.05, 3.63) is 17.8 Å². The third-order valence-corrected chi connectivity index (χ3v) is 6.55. The minimum absolute atomic E-state index is 0.175. The van der Waals surface area contributed by atoms with E-state index in [2.05, 4.69) is 29.1 Å². The highest BCUT2D eigenvalue weighted by molar-refractivity contribution is 5.54. The normalized spacial score (nSPS) is 35.1. The second-order valence-corrected chi connectivity index (χ2v) is 8.07. The van der Waals surface area contributed by atoms with Crippen molar-refractivity contribution in [3.8, 4) is 11.5 Å². The Labute approximate surface area is 136 Å². The number of nitrogens with zero attached hydrogens (tertiary/aromatic N) is 4. The summed E-state index contributed by atoms with van der Waals surface area (Å²) in [5, 5.41) is 13.3. The molecule has 2 heterocycles. The van der Waals surface area contributed by atoms with Gasteiger partial charge in [-0.2, -0.15) is 5.10 Å². The Kier molecular flexibility index (Phi) is 2.80. The zero-order valence-corrected chi connectivity index (χ0v) is 14.0. The van der Waals surface area contributed by atoms with E-state index in [1.165, 1.54) is 38.5 Å². The van der Waals surface area contributed by atoms with Crippen molar-refractivity contribution >= 4 is 0 Å². The van der Waals surface area contributed by atoms with E-state index in [1.807, 2.05) is 10.9 Å². The van der Waals surface area contributed by atoms with E-state index in [4.69, 9.17) is 4.42 Å². The molecule has 4 aliphatic carbocycles. The van der Waals surface area contributed by atoms with Crippen molar-refractivity contribution in [2.24, 2.45) is 17.8 Å². The van der Waals surface area contributed by atoms with Crippen LogP contribution in [0.1, 0.15) is 57.0 Å². The van der Waals surface area contributed by atoms with Gasteiger partial charge in [-0.25, -0.2) is 0 Å². The van der Waals surface area contributed by atoms with Gasteiger partial charge in [-0.1, -0.05) is 0 Å². The van der Waals surface area contributed by atoms with Gasteiger partial charge in [0.15, 0.2) is 0 Å². The molecule has 122 valence electrons. The molecule has 0 unspecified atom stereocenters. The van der Waals surface area contributed by atoms with E-state index in [0.29, 0.717) is 5.89 Å².